The van der Waals surface area contributed by atoms with Gasteiger partial charge in [0, 0.05) is 43.6 Å². The van der Waals surface area contributed by atoms with Gasteiger partial charge in [-0.05, 0) is 49.6 Å². The smallest absolute Gasteiger partial charge is 0.251 e. The number of hydrogen-bond donors (Lipinski definition) is 1. The fourth-order valence-corrected chi connectivity index (χ4v) is 5.27. The summed E-state index contributed by atoms with van der Waals surface area (Å²) in [5.41, 5.74) is 1.13. The Morgan fingerprint density at radius 3 is 2.50 bits per heavy atom. The molecule has 0 radical (unpaired) electrons. The maximum atomic E-state index is 12.6. The Bertz CT molecular complexity index is 934. The van der Waals surface area contributed by atoms with E-state index in [4.69, 9.17) is 0 Å². The molecule has 4 rings (SSSR count). The minimum Gasteiger partial charge on any atom is -0.348 e. The van der Waals surface area contributed by atoms with Crippen molar-refractivity contribution in [2.45, 2.75) is 25.3 Å². The molecule has 1 unspecified atom stereocenters. The average Bonchev–Trinajstić information content (AvgIpc) is 3.08. The third-order valence-electron chi connectivity index (χ3n) is 5.11. The van der Waals surface area contributed by atoms with E-state index in [0.717, 1.165) is 19.4 Å². The van der Waals surface area contributed by atoms with Crippen molar-refractivity contribution >= 4 is 27.6 Å². The first-order valence-electron chi connectivity index (χ1n) is 9.46. The molecule has 8 nitrogen and oxygen atoms in total. The zero-order chi connectivity index (χ0) is 19.6. The Labute approximate surface area is 164 Å². The Morgan fingerprint density at radius 2 is 1.82 bits per heavy atom. The second-order valence-corrected chi connectivity index (χ2v) is 9.11. The number of hydrogen-bond acceptors (Lipinski definition) is 6. The van der Waals surface area contributed by atoms with Crippen molar-refractivity contribution in [1.29, 1.82) is 0 Å². The minimum absolute atomic E-state index is 0.0173. The van der Waals surface area contributed by atoms with E-state index < -0.39 is 10.0 Å². The number of amides is 1. The highest BCUT2D eigenvalue weighted by Crippen LogP contribution is 2.24. The number of sulfonamides is 1. The quantitative estimate of drug-likeness (QED) is 0.832. The van der Waals surface area contributed by atoms with Crippen LogP contribution in [0.5, 0.6) is 0 Å². The van der Waals surface area contributed by atoms with Gasteiger partial charge in [0.05, 0.1) is 11.4 Å². The van der Waals surface area contributed by atoms with E-state index in [0.29, 0.717) is 36.7 Å². The summed E-state index contributed by atoms with van der Waals surface area (Å²) in [5.74, 6) is 0.702. The number of nitrogens with one attached hydrogen (secondary N) is 1. The standard InChI is InChI=1S/C19H23N5O3S/c25-18(15-5-7-17(8-6-15)24-12-3-13-28(24,26)27)22-16-4-1-11-23(14-16)19-20-9-2-10-21-19/h2,5-10,16H,1,3-4,11-14H2,(H,22,25). The van der Waals surface area contributed by atoms with Crippen LogP contribution in [0.1, 0.15) is 29.6 Å². The van der Waals surface area contributed by atoms with Crippen molar-refractivity contribution < 1.29 is 13.2 Å². The molecule has 28 heavy (non-hydrogen) atoms. The van der Waals surface area contributed by atoms with Crippen molar-refractivity contribution in [3.05, 3.63) is 48.3 Å². The van der Waals surface area contributed by atoms with Gasteiger partial charge in [0.2, 0.25) is 16.0 Å². The highest BCUT2D eigenvalue weighted by atomic mass is 32.2. The topological polar surface area (TPSA) is 95.5 Å². The first-order chi connectivity index (χ1) is 13.5. The van der Waals surface area contributed by atoms with Crippen LogP contribution in [-0.4, -0.2) is 55.7 Å². The predicted molar refractivity (Wildman–Crippen MR) is 107 cm³/mol. The zero-order valence-corrected chi connectivity index (χ0v) is 16.3. The zero-order valence-electron chi connectivity index (χ0n) is 15.5. The van der Waals surface area contributed by atoms with Crippen LogP contribution in [-0.2, 0) is 10.0 Å². The lowest BCUT2D eigenvalue weighted by Gasteiger charge is -2.33. The van der Waals surface area contributed by atoms with Crippen LogP contribution in [0.3, 0.4) is 0 Å². The fourth-order valence-electron chi connectivity index (χ4n) is 3.71. The number of carbonyl (C=O) groups is 1. The van der Waals surface area contributed by atoms with Gasteiger partial charge in [0.1, 0.15) is 0 Å². The number of carbonyl (C=O) groups excluding carboxylic acids is 1. The summed E-state index contributed by atoms with van der Waals surface area (Å²) >= 11 is 0. The number of benzene rings is 1. The molecule has 3 heterocycles. The Balaban J connectivity index is 1.39. The van der Waals surface area contributed by atoms with Crippen LogP contribution in [0.4, 0.5) is 11.6 Å². The number of piperidine rings is 1. The molecule has 2 aliphatic heterocycles. The van der Waals surface area contributed by atoms with Crippen LogP contribution in [0.25, 0.3) is 0 Å². The van der Waals surface area contributed by atoms with Crippen molar-refractivity contribution in [2.75, 3.05) is 34.6 Å². The Kier molecular flexibility index (Phi) is 5.17. The second-order valence-electron chi connectivity index (χ2n) is 7.10. The summed E-state index contributed by atoms with van der Waals surface area (Å²) in [5, 5.41) is 3.07. The Morgan fingerprint density at radius 1 is 1.07 bits per heavy atom. The molecule has 0 spiro atoms. The van der Waals surface area contributed by atoms with Crippen molar-refractivity contribution in [1.82, 2.24) is 15.3 Å². The number of nitrogens with zero attached hydrogens (tertiary/aromatic N) is 4. The summed E-state index contributed by atoms with van der Waals surface area (Å²) < 4.78 is 25.5. The molecule has 9 heteroatoms. The van der Waals surface area contributed by atoms with E-state index in [1.807, 2.05) is 0 Å². The lowest BCUT2D eigenvalue weighted by atomic mass is 10.1. The van der Waals surface area contributed by atoms with Gasteiger partial charge in [-0.15, -0.1) is 0 Å². The molecule has 2 fully saturated rings. The molecule has 0 bridgehead atoms. The van der Waals surface area contributed by atoms with E-state index in [1.54, 1.807) is 42.7 Å². The van der Waals surface area contributed by atoms with Crippen molar-refractivity contribution in [2.24, 2.45) is 0 Å². The summed E-state index contributed by atoms with van der Waals surface area (Å²) in [6.45, 7) is 2.03. The lowest BCUT2D eigenvalue weighted by Crippen LogP contribution is -2.48. The van der Waals surface area contributed by atoms with Gasteiger partial charge in [-0.2, -0.15) is 0 Å². The molecular formula is C19H23N5O3S. The van der Waals surface area contributed by atoms with Crippen LogP contribution in [0, 0.1) is 0 Å². The fraction of sp³-hybridized carbons (Fsp3) is 0.421. The minimum atomic E-state index is -3.21. The van der Waals surface area contributed by atoms with Crippen LogP contribution in [0.15, 0.2) is 42.7 Å². The largest absolute Gasteiger partial charge is 0.348 e. The van der Waals surface area contributed by atoms with Crippen molar-refractivity contribution in [3.63, 3.8) is 0 Å². The lowest BCUT2D eigenvalue weighted by molar-refractivity contribution is 0.0933. The molecule has 2 aromatic rings. The maximum absolute atomic E-state index is 12.6. The van der Waals surface area contributed by atoms with Gasteiger partial charge in [-0.1, -0.05) is 0 Å². The highest BCUT2D eigenvalue weighted by Gasteiger charge is 2.28. The van der Waals surface area contributed by atoms with Gasteiger partial charge >= 0.3 is 0 Å². The summed E-state index contributed by atoms with van der Waals surface area (Å²) in [6.07, 6.45) is 5.92. The summed E-state index contributed by atoms with van der Waals surface area (Å²) in [6, 6.07) is 8.55. The van der Waals surface area contributed by atoms with E-state index in [1.165, 1.54) is 4.31 Å². The average molecular weight is 401 g/mol. The van der Waals surface area contributed by atoms with Gasteiger partial charge in [-0.3, -0.25) is 9.10 Å². The van der Waals surface area contributed by atoms with Gasteiger partial charge < -0.3 is 10.2 Å². The molecule has 1 aromatic carbocycles. The van der Waals surface area contributed by atoms with Crippen molar-refractivity contribution in [3.8, 4) is 0 Å². The van der Waals surface area contributed by atoms with Gasteiger partial charge in [0.25, 0.3) is 5.91 Å². The number of aromatic nitrogens is 2. The van der Waals surface area contributed by atoms with Crippen LogP contribution >= 0.6 is 0 Å². The monoisotopic (exact) mass is 401 g/mol. The molecule has 1 atom stereocenters. The molecule has 0 aliphatic carbocycles. The molecule has 148 valence electrons. The number of rotatable bonds is 4. The SMILES string of the molecule is O=C(NC1CCCN(c2ncccn2)C1)c1ccc(N2CCCS2(=O)=O)cc1. The first-order valence-corrected chi connectivity index (χ1v) is 11.1. The molecule has 2 aliphatic rings. The molecule has 2 saturated heterocycles. The van der Waals surface area contributed by atoms with E-state index >= 15 is 0 Å². The summed E-state index contributed by atoms with van der Waals surface area (Å²) in [7, 11) is -3.21. The molecule has 1 amide bonds. The third-order valence-corrected chi connectivity index (χ3v) is 6.98. The number of anilines is 2. The predicted octanol–water partition coefficient (Wildman–Crippen LogP) is 1.42. The normalized spacial score (nSPS) is 21.5. The van der Waals surface area contributed by atoms with Gasteiger partial charge in [-0.25, -0.2) is 18.4 Å². The molecule has 1 aromatic heterocycles. The van der Waals surface area contributed by atoms with E-state index in [-0.39, 0.29) is 17.7 Å². The Hall–Kier alpha value is -2.68. The van der Waals surface area contributed by atoms with E-state index in [9.17, 15) is 13.2 Å². The first kappa shape index (κ1) is 18.7. The molecular weight excluding hydrogens is 378 g/mol. The van der Waals surface area contributed by atoms with Crippen LogP contribution in [0.2, 0.25) is 0 Å². The molecule has 1 N–H and O–H groups in total. The van der Waals surface area contributed by atoms with E-state index in [2.05, 4.69) is 20.2 Å². The van der Waals surface area contributed by atoms with Gasteiger partial charge in [0.15, 0.2) is 0 Å². The highest BCUT2D eigenvalue weighted by molar-refractivity contribution is 7.93. The maximum Gasteiger partial charge on any atom is 0.251 e. The summed E-state index contributed by atoms with van der Waals surface area (Å²) in [4.78, 5) is 23.3. The molecule has 0 saturated carbocycles. The van der Waals surface area contributed by atoms with Crippen LogP contribution < -0.4 is 14.5 Å². The third kappa shape index (κ3) is 3.94. The second kappa shape index (κ2) is 7.75.